The lowest BCUT2D eigenvalue weighted by atomic mass is 10.2. The van der Waals surface area contributed by atoms with Gasteiger partial charge in [-0.1, -0.05) is 19.8 Å². The molecule has 1 rings (SSSR count). The summed E-state index contributed by atoms with van der Waals surface area (Å²) < 4.78 is 0. The Bertz CT molecular complexity index is 371. The third kappa shape index (κ3) is 6.98. The van der Waals surface area contributed by atoms with Gasteiger partial charge in [0.2, 0.25) is 5.95 Å². The van der Waals surface area contributed by atoms with Crippen LogP contribution < -0.4 is 10.6 Å². The van der Waals surface area contributed by atoms with Crippen LogP contribution in [0.2, 0.25) is 0 Å². The van der Waals surface area contributed by atoms with E-state index in [0.717, 1.165) is 36.8 Å². The summed E-state index contributed by atoms with van der Waals surface area (Å²) in [6.45, 7) is 6.09. The van der Waals surface area contributed by atoms with Gasteiger partial charge >= 0.3 is 0 Å². The predicted octanol–water partition coefficient (Wildman–Crippen LogP) is 3.94. The molecule has 0 aliphatic rings. The van der Waals surface area contributed by atoms with Crippen molar-refractivity contribution in [3.63, 3.8) is 0 Å². The molecule has 0 unspecified atom stereocenters. The van der Waals surface area contributed by atoms with Gasteiger partial charge in [0.15, 0.2) is 0 Å². The number of nitrogens with zero attached hydrogens (tertiary/aromatic N) is 2. The van der Waals surface area contributed by atoms with Crippen LogP contribution >= 0.6 is 11.8 Å². The lowest BCUT2D eigenvalue weighted by Crippen LogP contribution is -2.09. The lowest BCUT2D eigenvalue weighted by Gasteiger charge is -2.10. The number of anilines is 2. The number of aryl methyl sites for hydroxylation is 1. The summed E-state index contributed by atoms with van der Waals surface area (Å²) in [6.07, 6.45) is 10.3. The van der Waals surface area contributed by atoms with Gasteiger partial charge in [0.05, 0.1) is 0 Å². The molecule has 0 aliphatic heterocycles. The summed E-state index contributed by atoms with van der Waals surface area (Å²) in [6, 6.07) is 0. The molecule has 0 bridgehead atoms. The van der Waals surface area contributed by atoms with Gasteiger partial charge in [-0.25, -0.2) is 4.98 Å². The highest BCUT2D eigenvalue weighted by Crippen LogP contribution is 2.13. The Kier molecular flexibility index (Phi) is 9.20. The van der Waals surface area contributed by atoms with Gasteiger partial charge in [-0.3, -0.25) is 0 Å². The number of thioether (sulfide) groups is 1. The first kappa shape index (κ1) is 17.1. The first-order valence-electron chi connectivity index (χ1n) is 7.58. The van der Waals surface area contributed by atoms with Crippen LogP contribution in [0.25, 0.3) is 0 Å². The number of rotatable bonds is 11. The molecule has 114 valence electrons. The van der Waals surface area contributed by atoms with Crippen LogP contribution in [0.15, 0.2) is 6.20 Å². The Balaban J connectivity index is 2.27. The zero-order chi connectivity index (χ0) is 14.6. The van der Waals surface area contributed by atoms with E-state index in [1.807, 2.05) is 24.9 Å². The number of nitrogens with one attached hydrogen (secondary N) is 2. The maximum Gasteiger partial charge on any atom is 0.224 e. The first-order valence-corrected chi connectivity index (χ1v) is 8.97. The summed E-state index contributed by atoms with van der Waals surface area (Å²) in [5.74, 6) is 2.97. The van der Waals surface area contributed by atoms with Crippen molar-refractivity contribution in [1.29, 1.82) is 0 Å². The third-order valence-electron chi connectivity index (χ3n) is 3.07. The summed E-state index contributed by atoms with van der Waals surface area (Å²) in [4.78, 5) is 8.81. The zero-order valence-electron chi connectivity index (χ0n) is 13.0. The molecule has 0 fully saturated rings. The van der Waals surface area contributed by atoms with Crippen molar-refractivity contribution in [2.24, 2.45) is 0 Å². The molecule has 0 saturated heterocycles. The van der Waals surface area contributed by atoms with E-state index in [1.165, 1.54) is 31.4 Å². The summed E-state index contributed by atoms with van der Waals surface area (Å²) in [5, 5.41) is 6.65. The van der Waals surface area contributed by atoms with Crippen molar-refractivity contribution in [2.45, 2.75) is 46.0 Å². The largest absolute Gasteiger partial charge is 0.370 e. The van der Waals surface area contributed by atoms with E-state index in [-0.39, 0.29) is 0 Å². The van der Waals surface area contributed by atoms with Crippen molar-refractivity contribution in [3.05, 3.63) is 11.8 Å². The van der Waals surface area contributed by atoms with Crippen LogP contribution in [-0.2, 0) is 0 Å². The highest BCUT2D eigenvalue weighted by molar-refractivity contribution is 7.98. The molecule has 1 heterocycles. The average molecular weight is 296 g/mol. The van der Waals surface area contributed by atoms with Crippen LogP contribution in [0.1, 0.15) is 44.6 Å². The van der Waals surface area contributed by atoms with Gasteiger partial charge in [0, 0.05) is 24.8 Å². The highest BCUT2D eigenvalue weighted by atomic mass is 32.2. The predicted molar refractivity (Wildman–Crippen MR) is 90.9 cm³/mol. The summed E-state index contributed by atoms with van der Waals surface area (Å²) in [7, 11) is 0. The third-order valence-corrected chi connectivity index (χ3v) is 3.77. The second-order valence-corrected chi connectivity index (χ2v) is 5.97. The maximum atomic E-state index is 4.52. The number of hydrogen-bond donors (Lipinski definition) is 2. The Morgan fingerprint density at radius 3 is 2.65 bits per heavy atom. The fourth-order valence-corrected chi connectivity index (χ4v) is 2.37. The van der Waals surface area contributed by atoms with E-state index in [4.69, 9.17) is 0 Å². The van der Waals surface area contributed by atoms with Crippen molar-refractivity contribution in [1.82, 2.24) is 9.97 Å². The van der Waals surface area contributed by atoms with E-state index in [1.54, 1.807) is 0 Å². The van der Waals surface area contributed by atoms with Gasteiger partial charge in [0.1, 0.15) is 5.82 Å². The fourth-order valence-electron chi connectivity index (χ4n) is 1.87. The first-order chi connectivity index (χ1) is 9.77. The molecule has 0 aliphatic carbocycles. The number of hydrogen-bond acceptors (Lipinski definition) is 5. The molecular weight excluding hydrogens is 268 g/mol. The minimum atomic E-state index is 0.722. The topological polar surface area (TPSA) is 49.8 Å². The molecule has 2 N–H and O–H groups in total. The maximum absolute atomic E-state index is 4.52. The SMILES string of the molecule is CCCNc1ncc(C)c(NCCCCCCSC)n1. The second-order valence-electron chi connectivity index (χ2n) is 4.99. The summed E-state index contributed by atoms with van der Waals surface area (Å²) >= 11 is 1.93. The van der Waals surface area contributed by atoms with Crippen LogP contribution in [0.4, 0.5) is 11.8 Å². The lowest BCUT2D eigenvalue weighted by molar-refractivity contribution is 0.688. The van der Waals surface area contributed by atoms with E-state index in [0.29, 0.717) is 0 Å². The molecule has 0 amide bonds. The molecule has 0 spiro atoms. The molecule has 4 nitrogen and oxygen atoms in total. The molecule has 0 aromatic carbocycles. The molecule has 1 aromatic rings. The second kappa shape index (κ2) is 10.8. The number of aromatic nitrogens is 2. The van der Waals surface area contributed by atoms with Crippen LogP contribution in [0, 0.1) is 6.92 Å². The van der Waals surface area contributed by atoms with E-state index >= 15 is 0 Å². The van der Waals surface area contributed by atoms with Gasteiger partial charge in [-0.15, -0.1) is 0 Å². The fraction of sp³-hybridized carbons (Fsp3) is 0.733. The smallest absolute Gasteiger partial charge is 0.224 e. The van der Waals surface area contributed by atoms with E-state index in [2.05, 4.69) is 33.8 Å². The highest BCUT2D eigenvalue weighted by Gasteiger charge is 2.02. The monoisotopic (exact) mass is 296 g/mol. The standard InChI is InChI=1S/C15H28N4S/c1-4-9-17-15-18-12-13(2)14(19-15)16-10-7-5-6-8-11-20-3/h12H,4-11H2,1-3H3,(H2,16,17,18,19). The summed E-state index contributed by atoms with van der Waals surface area (Å²) in [5.41, 5.74) is 1.11. The normalized spacial score (nSPS) is 10.6. The molecule has 0 radical (unpaired) electrons. The van der Waals surface area contributed by atoms with Gasteiger partial charge in [-0.2, -0.15) is 16.7 Å². The van der Waals surface area contributed by atoms with Crippen LogP contribution in [0.3, 0.4) is 0 Å². The minimum Gasteiger partial charge on any atom is -0.370 e. The van der Waals surface area contributed by atoms with Gasteiger partial charge in [-0.05, 0) is 38.2 Å². The van der Waals surface area contributed by atoms with Crippen molar-refractivity contribution >= 4 is 23.5 Å². The van der Waals surface area contributed by atoms with Crippen LogP contribution in [0.5, 0.6) is 0 Å². The molecule has 20 heavy (non-hydrogen) atoms. The van der Waals surface area contributed by atoms with Crippen molar-refractivity contribution in [2.75, 3.05) is 35.7 Å². The van der Waals surface area contributed by atoms with E-state index in [9.17, 15) is 0 Å². The molecule has 5 heteroatoms. The van der Waals surface area contributed by atoms with Crippen molar-refractivity contribution in [3.8, 4) is 0 Å². The average Bonchev–Trinajstić information content (AvgIpc) is 2.46. The van der Waals surface area contributed by atoms with Crippen molar-refractivity contribution < 1.29 is 0 Å². The Hall–Kier alpha value is -0.970. The van der Waals surface area contributed by atoms with Gasteiger partial charge < -0.3 is 10.6 Å². The molecule has 0 atom stereocenters. The Morgan fingerprint density at radius 2 is 1.90 bits per heavy atom. The Labute approximate surface area is 127 Å². The number of unbranched alkanes of at least 4 members (excludes halogenated alkanes) is 3. The molecular formula is C15H28N4S. The molecule has 0 saturated carbocycles. The van der Waals surface area contributed by atoms with E-state index < -0.39 is 0 Å². The quantitative estimate of drug-likeness (QED) is 0.606. The Morgan fingerprint density at radius 1 is 1.10 bits per heavy atom. The zero-order valence-corrected chi connectivity index (χ0v) is 13.9. The minimum absolute atomic E-state index is 0.722. The van der Waals surface area contributed by atoms with Gasteiger partial charge in [0.25, 0.3) is 0 Å². The molecule has 1 aromatic heterocycles. The van der Waals surface area contributed by atoms with Crippen LogP contribution in [-0.4, -0.2) is 35.1 Å².